The Balaban J connectivity index is 1.52. The quantitative estimate of drug-likeness (QED) is 0.273. The minimum Gasteiger partial charge on any atom is -0.489 e. The number of hydrogen-bond acceptors (Lipinski definition) is 4. The Labute approximate surface area is 212 Å². The van der Waals surface area contributed by atoms with Crippen LogP contribution in [0.5, 0.6) is 5.75 Å². The first-order valence-electron chi connectivity index (χ1n) is 10.7. The molecule has 0 aliphatic heterocycles. The first-order valence-corrected chi connectivity index (χ1v) is 11.9. The number of amides is 2. The number of nitrogens with zero attached hydrogens (tertiary/aromatic N) is 1. The molecule has 0 saturated heterocycles. The zero-order chi connectivity index (χ0) is 24.5. The second-order valence-corrected chi connectivity index (χ2v) is 9.28. The third-order valence-corrected chi connectivity index (χ3v) is 5.67. The second-order valence-electron chi connectivity index (χ2n) is 7.92. The van der Waals surface area contributed by atoms with Crippen molar-refractivity contribution in [2.75, 3.05) is 0 Å². The van der Waals surface area contributed by atoms with Gasteiger partial charge in [0.25, 0.3) is 11.8 Å². The molecule has 0 saturated carbocycles. The highest BCUT2D eigenvalue weighted by molar-refractivity contribution is 9.10. The SMILES string of the molecule is CC(C)C(NC(=O)c1cccc(Cl)c1)C(=O)N/N=C/c1ccc(OCc2ccc(Br)cc2)cc1. The van der Waals surface area contributed by atoms with Crippen molar-refractivity contribution in [3.63, 3.8) is 0 Å². The highest BCUT2D eigenvalue weighted by Crippen LogP contribution is 2.16. The Bertz CT molecular complexity index is 1150. The lowest BCUT2D eigenvalue weighted by molar-refractivity contribution is -0.123. The van der Waals surface area contributed by atoms with Gasteiger partial charge in [-0.1, -0.05) is 59.6 Å². The monoisotopic (exact) mass is 541 g/mol. The van der Waals surface area contributed by atoms with Gasteiger partial charge < -0.3 is 10.1 Å². The van der Waals surface area contributed by atoms with E-state index in [1.54, 1.807) is 24.3 Å². The molecule has 2 N–H and O–H groups in total. The first-order chi connectivity index (χ1) is 16.3. The fraction of sp³-hybridized carbons (Fsp3) is 0.192. The van der Waals surface area contributed by atoms with Crippen molar-refractivity contribution in [3.05, 3.63) is 99.0 Å². The van der Waals surface area contributed by atoms with Gasteiger partial charge in [0.2, 0.25) is 0 Å². The molecule has 2 amide bonds. The predicted octanol–water partition coefficient (Wildman–Crippen LogP) is 5.59. The van der Waals surface area contributed by atoms with Crippen LogP contribution in [0.3, 0.4) is 0 Å². The molecule has 0 aliphatic rings. The molecule has 34 heavy (non-hydrogen) atoms. The normalized spacial score (nSPS) is 11.9. The molecule has 0 fully saturated rings. The Morgan fingerprint density at radius 2 is 1.76 bits per heavy atom. The van der Waals surface area contributed by atoms with E-state index in [1.807, 2.05) is 62.4 Å². The zero-order valence-corrected chi connectivity index (χ0v) is 21.1. The fourth-order valence-electron chi connectivity index (χ4n) is 3.03. The van der Waals surface area contributed by atoms with Crippen molar-refractivity contribution in [2.24, 2.45) is 11.0 Å². The molecule has 3 aromatic rings. The fourth-order valence-corrected chi connectivity index (χ4v) is 3.48. The van der Waals surface area contributed by atoms with Crippen LogP contribution in [0.4, 0.5) is 0 Å². The van der Waals surface area contributed by atoms with Crippen molar-refractivity contribution in [1.29, 1.82) is 0 Å². The Morgan fingerprint density at radius 3 is 2.41 bits per heavy atom. The van der Waals surface area contributed by atoms with Crippen LogP contribution in [0.2, 0.25) is 5.02 Å². The molecule has 0 aromatic heterocycles. The molecular formula is C26H25BrClN3O3. The Kier molecular flexibility index (Phi) is 9.24. The molecule has 0 spiro atoms. The molecule has 3 rings (SSSR count). The van der Waals surface area contributed by atoms with E-state index in [0.29, 0.717) is 17.2 Å². The molecule has 8 heteroatoms. The van der Waals surface area contributed by atoms with Gasteiger partial charge in [-0.2, -0.15) is 5.10 Å². The van der Waals surface area contributed by atoms with E-state index >= 15 is 0 Å². The molecule has 0 bridgehead atoms. The summed E-state index contributed by atoms with van der Waals surface area (Å²) in [6.07, 6.45) is 1.53. The average molecular weight is 543 g/mol. The van der Waals surface area contributed by atoms with Gasteiger partial charge in [0.1, 0.15) is 18.4 Å². The summed E-state index contributed by atoms with van der Waals surface area (Å²) in [6, 6.07) is 21.1. The van der Waals surface area contributed by atoms with Crippen LogP contribution in [0.15, 0.2) is 82.4 Å². The first kappa shape index (κ1) is 25.5. The maximum Gasteiger partial charge on any atom is 0.262 e. The highest BCUT2D eigenvalue weighted by atomic mass is 79.9. The zero-order valence-electron chi connectivity index (χ0n) is 18.8. The van der Waals surface area contributed by atoms with E-state index in [9.17, 15) is 9.59 Å². The summed E-state index contributed by atoms with van der Waals surface area (Å²) in [5.41, 5.74) is 4.75. The van der Waals surface area contributed by atoms with Crippen molar-refractivity contribution >= 4 is 45.6 Å². The molecule has 1 atom stereocenters. The molecule has 0 aliphatic carbocycles. The topological polar surface area (TPSA) is 79.8 Å². The van der Waals surface area contributed by atoms with Crippen LogP contribution in [0.1, 0.15) is 35.3 Å². The summed E-state index contributed by atoms with van der Waals surface area (Å²) < 4.78 is 6.81. The van der Waals surface area contributed by atoms with Gasteiger partial charge in [-0.05, 0) is 71.6 Å². The summed E-state index contributed by atoms with van der Waals surface area (Å²) in [4.78, 5) is 25.1. The van der Waals surface area contributed by atoms with Gasteiger partial charge in [-0.25, -0.2) is 5.43 Å². The van der Waals surface area contributed by atoms with Gasteiger partial charge in [0.15, 0.2) is 0 Å². The van der Waals surface area contributed by atoms with E-state index in [-0.39, 0.29) is 11.8 Å². The van der Waals surface area contributed by atoms with E-state index in [2.05, 4.69) is 31.8 Å². The molecule has 6 nitrogen and oxygen atoms in total. The van der Waals surface area contributed by atoms with Gasteiger partial charge in [0, 0.05) is 15.1 Å². The van der Waals surface area contributed by atoms with Crippen LogP contribution in [0, 0.1) is 5.92 Å². The minimum atomic E-state index is -0.752. The predicted molar refractivity (Wildman–Crippen MR) is 138 cm³/mol. The van der Waals surface area contributed by atoms with Gasteiger partial charge in [-0.15, -0.1) is 0 Å². The third kappa shape index (κ3) is 7.71. The van der Waals surface area contributed by atoms with Crippen LogP contribution in [-0.4, -0.2) is 24.1 Å². The smallest absolute Gasteiger partial charge is 0.262 e. The van der Waals surface area contributed by atoms with Crippen LogP contribution < -0.4 is 15.5 Å². The molecule has 176 valence electrons. The molecule has 0 radical (unpaired) electrons. The Morgan fingerprint density at radius 1 is 1.06 bits per heavy atom. The maximum atomic E-state index is 12.6. The number of carbonyl (C=O) groups excluding carboxylic acids is 2. The van der Waals surface area contributed by atoms with Crippen molar-refractivity contribution in [1.82, 2.24) is 10.7 Å². The maximum absolute atomic E-state index is 12.6. The van der Waals surface area contributed by atoms with Crippen molar-refractivity contribution in [2.45, 2.75) is 26.5 Å². The lowest BCUT2D eigenvalue weighted by Gasteiger charge is -2.20. The summed E-state index contributed by atoms with van der Waals surface area (Å²) in [5, 5.41) is 7.22. The number of halogens is 2. The van der Waals surface area contributed by atoms with E-state index in [4.69, 9.17) is 16.3 Å². The largest absolute Gasteiger partial charge is 0.489 e. The number of hydrogen-bond donors (Lipinski definition) is 2. The minimum absolute atomic E-state index is 0.138. The number of ether oxygens (including phenoxy) is 1. The van der Waals surface area contributed by atoms with Gasteiger partial charge >= 0.3 is 0 Å². The van der Waals surface area contributed by atoms with Crippen molar-refractivity contribution < 1.29 is 14.3 Å². The molecular weight excluding hydrogens is 518 g/mol. The number of benzene rings is 3. The number of rotatable bonds is 9. The number of nitrogens with one attached hydrogen (secondary N) is 2. The third-order valence-electron chi connectivity index (χ3n) is 4.91. The van der Waals surface area contributed by atoms with E-state index in [0.717, 1.165) is 21.3 Å². The Hall–Kier alpha value is -3.16. The van der Waals surface area contributed by atoms with Crippen LogP contribution in [0.25, 0.3) is 0 Å². The van der Waals surface area contributed by atoms with E-state index in [1.165, 1.54) is 6.21 Å². The number of carbonyl (C=O) groups is 2. The molecule has 3 aromatic carbocycles. The standard InChI is InChI=1S/C26H25BrClN3O3/c1-17(2)24(30-25(32)20-4-3-5-22(28)14-20)26(33)31-29-15-18-8-12-23(13-9-18)34-16-19-6-10-21(27)11-7-19/h3-15,17,24H,16H2,1-2H3,(H,30,32)(H,31,33)/b29-15+. The van der Waals surface area contributed by atoms with Crippen LogP contribution >= 0.6 is 27.5 Å². The second kappa shape index (κ2) is 12.3. The summed E-state index contributed by atoms with van der Waals surface area (Å²) in [5.74, 6) is -0.191. The molecule has 0 heterocycles. The summed E-state index contributed by atoms with van der Waals surface area (Å²) >= 11 is 9.36. The van der Waals surface area contributed by atoms with Gasteiger partial charge in [-0.3, -0.25) is 9.59 Å². The number of hydrazone groups is 1. The summed E-state index contributed by atoms with van der Waals surface area (Å²) in [6.45, 7) is 4.16. The average Bonchev–Trinajstić information content (AvgIpc) is 2.82. The van der Waals surface area contributed by atoms with Gasteiger partial charge in [0.05, 0.1) is 6.21 Å². The molecule has 1 unspecified atom stereocenters. The summed E-state index contributed by atoms with van der Waals surface area (Å²) in [7, 11) is 0. The van der Waals surface area contributed by atoms with Crippen molar-refractivity contribution in [3.8, 4) is 5.75 Å². The lowest BCUT2D eigenvalue weighted by Crippen LogP contribution is -2.48. The highest BCUT2D eigenvalue weighted by Gasteiger charge is 2.24. The van der Waals surface area contributed by atoms with E-state index < -0.39 is 11.9 Å². The lowest BCUT2D eigenvalue weighted by atomic mass is 10.0. The van der Waals surface area contributed by atoms with Crippen LogP contribution in [-0.2, 0) is 11.4 Å².